The van der Waals surface area contributed by atoms with Crippen LogP contribution in [0.25, 0.3) is 11.1 Å². The highest BCUT2D eigenvalue weighted by Crippen LogP contribution is 2.46. The molecular weight excluding hydrogens is 612 g/mol. The maximum Gasteiger partial charge on any atom is 0.426 e. The van der Waals surface area contributed by atoms with Crippen molar-refractivity contribution in [2.75, 3.05) is 6.54 Å². The van der Waals surface area contributed by atoms with E-state index >= 15 is 0 Å². The van der Waals surface area contributed by atoms with Crippen LogP contribution in [-0.2, 0) is 24.0 Å². The van der Waals surface area contributed by atoms with Crippen molar-refractivity contribution in [1.82, 2.24) is 15.8 Å². The highest BCUT2D eigenvalue weighted by molar-refractivity contribution is 6.24. The monoisotopic (exact) mass is 656 g/mol. The summed E-state index contributed by atoms with van der Waals surface area (Å²) in [6.07, 6.45) is 4.34. The number of amides is 3. The van der Waals surface area contributed by atoms with Crippen molar-refractivity contribution in [3.05, 3.63) is 85.0 Å². The van der Waals surface area contributed by atoms with E-state index in [0.29, 0.717) is 12.1 Å². The van der Waals surface area contributed by atoms with Crippen molar-refractivity contribution in [3.63, 3.8) is 0 Å². The first-order valence-corrected chi connectivity index (χ1v) is 16.4. The number of carbonyl (C=O) groups excluding carboxylic acids is 3. The SMILES string of the molecule is C=CCCCCN(NC(=O)OC(C)(C)C)C(=O)[C@@H]1C[C@H](ON=C2c3ccccc3-c3ccccc32)C[C@H]1C(=O)N[C@]1(C(=O)O)C[C@H]1C=C. The minimum Gasteiger partial charge on any atom is -0.479 e. The Morgan fingerprint density at radius 3 is 2.12 bits per heavy atom. The Labute approximate surface area is 281 Å². The summed E-state index contributed by atoms with van der Waals surface area (Å²) in [4.78, 5) is 59.2. The first-order chi connectivity index (χ1) is 22.9. The van der Waals surface area contributed by atoms with Crippen LogP contribution in [0.1, 0.15) is 70.4 Å². The average molecular weight is 657 g/mol. The molecule has 5 rings (SSSR count). The summed E-state index contributed by atoms with van der Waals surface area (Å²) in [6, 6.07) is 15.8. The molecule has 0 heterocycles. The van der Waals surface area contributed by atoms with Crippen molar-refractivity contribution < 1.29 is 33.9 Å². The third kappa shape index (κ3) is 7.30. The van der Waals surface area contributed by atoms with E-state index in [0.717, 1.165) is 35.1 Å². The summed E-state index contributed by atoms with van der Waals surface area (Å²) in [7, 11) is 0. The lowest BCUT2D eigenvalue weighted by molar-refractivity contribution is -0.146. The molecule has 48 heavy (non-hydrogen) atoms. The van der Waals surface area contributed by atoms with E-state index in [9.17, 15) is 24.3 Å². The minimum atomic E-state index is -1.47. The van der Waals surface area contributed by atoms with E-state index in [-0.39, 0.29) is 25.8 Å². The number of nitrogens with zero attached hydrogens (tertiary/aromatic N) is 2. The highest BCUT2D eigenvalue weighted by atomic mass is 16.6. The third-order valence-electron chi connectivity index (χ3n) is 9.08. The van der Waals surface area contributed by atoms with Crippen molar-refractivity contribution in [2.45, 2.75) is 76.5 Å². The Bertz CT molecular complexity index is 1580. The number of unbranched alkanes of at least 4 members (excludes halogenated alkanes) is 2. The number of rotatable bonds is 12. The molecule has 3 aliphatic rings. The van der Waals surface area contributed by atoms with Crippen LogP contribution in [0.2, 0.25) is 0 Å². The van der Waals surface area contributed by atoms with Gasteiger partial charge in [0.15, 0.2) is 0 Å². The van der Waals surface area contributed by atoms with Crippen LogP contribution in [0.15, 0.2) is 79.0 Å². The summed E-state index contributed by atoms with van der Waals surface area (Å²) in [5, 5.41) is 18.5. The van der Waals surface area contributed by atoms with Crippen LogP contribution in [0.5, 0.6) is 0 Å². The zero-order chi connectivity index (χ0) is 34.6. The van der Waals surface area contributed by atoms with E-state index in [1.165, 1.54) is 11.1 Å². The molecule has 0 radical (unpaired) electrons. The second-order valence-corrected chi connectivity index (χ2v) is 13.6. The quantitative estimate of drug-likeness (QED) is 0.131. The lowest BCUT2D eigenvalue weighted by Gasteiger charge is -2.30. The molecule has 0 saturated heterocycles. The molecule has 2 fully saturated rings. The van der Waals surface area contributed by atoms with Gasteiger partial charge in [0.05, 0.1) is 11.8 Å². The molecule has 2 aromatic rings. The number of aliphatic carboxylic acids is 1. The zero-order valence-electron chi connectivity index (χ0n) is 27.7. The van der Waals surface area contributed by atoms with Gasteiger partial charge in [0, 0.05) is 23.6 Å². The number of benzene rings is 2. The first-order valence-electron chi connectivity index (χ1n) is 16.4. The van der Waals surface area contributed by atoms with E-state index < -0.39 is 58.9 Å². The normalized spacial score (nSPS) is 23.6. The van der Waals surface area contributed by atoms with E-state index in [1.54, 1.807) is 26.8 Å². The molecule has 3 N–H and O–H groups in total. The van der Waals surface area contributed by atoms with Crippen molar-refractivity contribution >= 4 is 29.6 Å². The maximum atomic E-state index is 14.2. The van der Waals surface area contributed by atoms with Crippen LogP contribution in [0.3, 0.4) is 0 Å². The number of hydrogen-bond acceptors (Lipinski definition) is 7. The molecule has 5 atom stereocenters. The number of hydrazine groups is 1. The Morgan fingerprint density at radius 2 is 1.58 bits per heavy atom. The van der Waals surface area contributed by atoms with Gasteiger partial charge >= 0.3 is 12.1 Å². The molecule has 11 heteroatoms. The lowest BCUT2D eigenvalue weighted by Crippen LogP contribution is -2.53. The predicted octanol–water partition coefficient (Wildman–Crippen LogP) is 5.60. The Morgan fingerprint density at radius 1 is 0.979 bits per heavy atom. The molecule has 2 aromatic carbocycles. The van der Waals surface area contributed by atoms with Crippen molar-refractivity contribution in [3.8, 4) is 11.1 Å². The summed E-state index contributed by atoms with van der Waals surface area (Å²) >= 11 is 0. The van der Waals surface area contributed by atoms with Crippen LogP contribution in [0.4, 0.5) is 4.79 Å². The molecule has 0 aromatic heterocycles. The number of hydrogen-bond donors (Lipinski definition) is 3. The Balaban J connectivity index is 1.41. The van der Waals surface area contributed by atoms with Gasteiger partial charge < -0.3 is 20.0 Å². The van der Waals surface area contributed by atoms with Crippen LogP contribution >= 0.6 is 0 Å². The van der Waals surface area contributed by atoms with Gasteiger partial charge in [0.25, 0.3) is 0 Å². The molecule has 0 aliphatic heterocycles. The van der Waals surface area contributed by atoms with Crippen LogP contribution in [0, 0.1) is 17.8 Å². The van der Waals surface area contributed by atoms with Gasteiger partial charge in [-0.05, 0) is 70.4 Å². The number of fused-ring (bicyclic) bond motifs is 3. The molecule has 11 nitrogen and oxygen atoms in total. The third-order valence-corrected chi connectivity index (χ3v) is 9.08. The molecule has 0 unspecified atom stereocenters. The largest absolute Gasteiger partial charge is 0.479 e. The molecular formula is C37H44N4O7. The maximum absolute atomic E-state index is 14.2. The summed E-state index contributed by atoms with van der Waals surface area (Å²) in [6.45, 7) is 12.8. The summed E-state index contributed by atoms with van der Waals surface area (Å²) in [5.74, 6) is -4.51. The number of nitrogens with one attached hydrogen (secondary N) is 2. The van der Waals surface area contributed by atoms with Crippen molar-refractivity contribution in [2.24, 2.45) is 22.9 Å². The first kappa shape index (κ1) is 34.4. The average Bonchev–Trinajstić information content (AvgIpc) is 3.44. The van der Waals surface area contributed by atoms with Gasteiger partial charge in [0.2, 0.25) is 11.8 Å². The Hall–Kier alpha value is -4.93. The van der Waals surface area contributed by atoms with E-state index in [1.807, 2.05) is 48.5 Å². The lowest BCUT2D eigenvalue weighted by atomic mass is 9.93. The van der Waals surface area contributed by atoms with Gasteiger partial charge in [-0.15, -0.1) is 13.2 Å². The molecule has 3 aliphatic carbocycles. The van der Waals surface area contributed by atoms with E-state index in [2.05, 4.69) is 29.1 Å². The second-order valence-electron chi connectivity index (χ2n) is 13.6. The number of ether oxygens (including phenoxy) is 1. The standard InChI is InChI=1S/C37H44N4O7/c1-6-8-9-14-19-41(39-35(46)47-36(3,4)5)33(43)30-21-24(20-29(30)32(42)38-37(34(44)45)22-23(37)7-2)48-40-31-27-17-12-10-15-25(27)26-16-11-13-18-28(26)31/h6-7,10-13,15-18,23-24,29-30H,1-2,8-9,14,19-22H2,3-5H3,(H,38,42)(H,39,46)(H,44,45)/t23-,24-,29-,30-,37-/m1/s1. The molecule has 2 saturated carbocycles. The van der Waals surface area contributed by atoms with Crippen LogP contribution in [-0.4, -0.2) is 63.5 Å². The fraction of sp³-hybridized carbons (Fsp3) is 0.432. The molecule has 254 valence electrons. The van der Waals surface area contributed by atoms with Crippen molar-refractivity contribution in [1.29, 1.82) is 0 Å². The van der Waals surface area contributed by atoms with Gasteiger partial charge in [0.1, 0.15) is 23.0 Å². The van der Waals surface area contributed by atoms with Gasteiger partial charge in [-0.25, -0.2) is 15.0 Å². The van der Waals surface area contributed by atoms with Gasteiger partial charge in [-0.2, -0.15) is 0 Å². The number of carboxylic acid groups (broad SMARTS) is 1. The number of oxime groups is 1. The number of carbonyl (C=O) groups is 4. The molecule has 0 spiro atoms. The van der Waals surface area contributed by atoms with Crippen LogP contribution < -0.4 is 10.7 Å². The van der Waals surface area contributed by atoms with Gasteiger partial charge in [-0.3, -0.25) is 14.6 Å². The highest BCUT2D eigenvalue weighted by Gasteiger charge is 2.61. The number of allylic oxidation sites excluding steroid dienone is 1. The second kappa shape index (κ2) is 14.0. The van der Waals surface area contributed by atoms with Gasteiger partial charge in [-0.1, -0.05) is 65.8 Å². The Kier molecular flexibility index (Phi) is 10.1. The molecule has 3 amide bonds. The fourth-order valence-corrected chi connectivity index (χ4v) is 6.58. The van der Waals surface area contributed by atoms with E-state index in [4.69, 9.17) is 9.57 Å². The zero-order valence-corrected chi connectivity index (χ0v) is 27.7. The number of carboxylic acids is 1. The smallest absolute Gasteiger partial charge is 0.426 e. The summed E-state index contributed by atoms with van der Waals surface area (Å²) in [5.41, 5.74) is 4.87. The molecule has 0 bridgehead atoms. The topological polar surface area (TPSA) is 147 Å². The fourth-order valence-electron chi connectivity index (χ4n) is 6.58. The summed E-state index contributed by atoms with van der Waals surface area (Å²) < 4.78 is 5.42. The predicted molar refractivity (Wildman–Crippen MR) is 181 cm³/mol. The minimum absolute atomic E-state index is 0.119.